The van der Waals surface area contributed by atoms with Gasteiger partial charge in [-0.05, 0) is 55.5 Å². The van der Waals surface area contributed by atoms with Crippen molar-refractivity contribution in [1.29, 1.82) is 5.26 Å². The van der Waals surface area contributed by atoms with E-state index in [1.165, 1.54) is 43.3 Å². The van der Waals surface area contributed by atoms with Gasteiger partial charge in [-0.1, -0.05) is 6.07 Å². The zero-order valence-electron chi connectivity index (χ0n) is 20.1. The molecule has 2 aromatic carbocycles. The first-order valence-corrected chi connectivity index (χ1v) is 12.6. The van der Waals surface area contributed by atoms with Crippen LogP contribution in [0.3, 0.4) is 0 Å². The number of carbonyl (C=O) groups excluding carboxylic acids is 1. The van der Waals surface area contributed by atoms with Crippen molar-refractivity contribution in [3.8, 4) is 11.8 Å². The normalized spacial score (nSPS) is 14.7. The molecule has 1 fully saturated rings. The van der Waals surface area contributed by atoms with E-state index in [-0.39, 0.29) is 27.7 Å². The number of hydrogen-bond acceptors (Lipinski definition) is 6. The molecule has 2 heterocycles. The molecule has 3 aromatic rings. The third-order valence-corrected chi connectivity index (χ3v) is 7.34. The van der Waals surface area contributed by atoms with Gasteiger partial charge in [-0.15, -0.1) is 0 Å². The number of amides is 1. The Morgan fingerprint density at radius 2 is 1.84 bits per heavy atom. The number of nitrogens with one attached hydrogen (secondary N) is 1. The van der Waals surface area contributed by atoms with Crippen LogP contribution in [-0.2, 0) is 26.4 Å². The molecule has 1 aromatic heterocycles. The molecule has 12 heteroatoms. The number of halogens is 3. The van der Waals surface area contributed by atoms with Crippen molar-refractivity contribution in [3.05, 3.63) is 87.3 Å². The van der Waals surface area contributed by atoms with E-state index < -0.39 is 45.9 Å². The first-order chi connectivity index (χ1) is 18.1. The van der Waals surface area contributed by atoms with Crippen molar-refractivity contribution in [1.82, 2.24) is 9.88 Å². The first kappa shape index (κ1) is 27.3. The number of benzene rings is 2. The van der Waals surface area contributed by atoms with E-state index in [4.69, 9.17) is 14.7 Å². The fourth-order valence-corrected chi connectivity index (χ4v) is 5.14. The third kappa shape index (κ3) is 5.85. The van der Waals surface area contributed by atoms with Gasteiger partial charge < -0.3 is 14.8 Å². The highest BCUT2D eigenvalue weighted by Crippen LogP contribution is 2.31. The van der Waals surface area contributed by atoms with Gasteiger partial charge in [0, 0.05) is 29.2 Å². The molecule has 1 N–H and O–H groups in total. The Hall–Kier alpha value is -3.79. The summed E-state index contributed by atoms with van der Waals surface area (Å²) in [5.41, 5.74) is -1.94. The molecule has 1 unspecified atom stereocenters. The van der Waals surface area contributed by atoms with Crippen LogP contribution >= 0.6 is 0 Å². The number of rotatable bonds is 7. The average Bonchev–Trinajstić information content (AvgIpc) is 3.42. The lowest BCUT2D eigenvalue weighted by Gasteiger charge is -2.18. The Balaban J connectivity index is 1.79. The zero-order valence-corrected chi connectivity index (χ0v) is 20.9. The maximum absolute atomic E-state index is 13.5. The molecular formula is C26H22F3N3O5S. The summed E-state index contributed by atoms with van der Waals surface area (Å²) in [5, 5.41) is 11.6. The number of nitrogens with zero attached hydrogens (tertiary/aromatic N) is 2. The smallest absolute Gasteiger partial charge is 0.352 e. The summed E-state index contributed by atoms with van der Waals surface area (Å²) in [7, 11) is -1.93. The molecule has 1 atom stereocenters. The van der Waals surface area contributed by atoms with Gasteiger partial charge in [-0.2, -0.15) is 18.4 Å². The second-order valence-corrected chi connectivity index (χ2v) is 9.77. The topological polar surface area (TPSA) is 110 Å². The average molecular weight is 546 g/mol. The summed E-state index contributed by atoms with van der Waals surface area (Å²) in [6.45, 7) is 2.41. The number of alkyl halides is 3. The Morgan fingerprint density at radius 1 is 1.16 bits per heavy atom. The molecule has 0 aliphatic carbocycles. The van der Waals surface area contributed by atoms with Gasteiger partial charge >= 0.3 is 6.18 Å². The zero-order chi connectivity index (χ0) is 27.4. The van der Waals surface area contributed by atoms with E-state index in [0.717, 1.165) is 22.8 Å². The number of hydrogen-bond donors (Lipinski definition) is 1. The van der Waals surface area contributed by atoms with E-state index in [0.29, 0.717) is 25.2 Å². The summed E-state index contributed by atoms with van der Waals surface area (Å²) < 4.78 is 65.3. The molecule has 1 aliphatic heterocycles. The molecule has 0 radical (unpaired) electrons. The summed E-state index contributed by atoms with van der Waals surface area (Å²) >= 11 is 0. The van der Waals surface area contributed by atoms with Gasteiger partial charge in [0.15, 0.2) is 6.29 Å². The quantitative estimate of drug-likeness (QED) is 0.485. The highest BCUT2D eigenvalue weighted by Gasteiger charge is 2.31. The third-order valence-electron chi connectivity index (χ3n) is 5.83. The molecule has 0 bridgehead atoms. The van der Waals surface area contributed by atoms with E-state index in [1.54, 1.807) is 0 Å². The molecule has 8 nitrogen and oxygen atoms in total. The van der Waals surface area contributed by atoms with Crippen LogP contribution in [0.5, 0.6) is 0 Å². The fraction of sp³-hybridized carbons (Fsp3) is 0.269. The van der Waals surface area contributed by atoms with Crippen LogP contribution in [0, 0.1) is 18.3 Å². The minimum Gasteiger partial charge on any atom is -0.352 e. The summed E-state index contributed by atoms with van der Waals surface area (Å²) in [5.74, 6) is -0.785. The second-order valence-electron chi connectivity index (χ2n) is 8.32. The number of nitriles is 1. The van der Waals surface area contributed by atoms with E-state index >= 15 is 0 Å². The van der Waals surface area contributed by atoms with Gasteiger partial charge in [0.1, 0.15) is 5.56 Å². The van der Waals surface area contributed by atoms with Crippen LogP contribution in [0.1, 0.15) is 33.6 Å². The van der Waals surface area contributed by atoms with Crippen LogP contribution in [0.2, 0.25) is 0 Å². The van der Waals surface area contributed by atoms with E-state index in [1.807, 2.05) is 6.07 Å². The Bertz CT molecular complexity index is 1470. The van der Waals surface area contributed by atoms with Crippen molar-refractivity contribution in [2.45, 2.75) is 35.6 Å². The number of pyridine rings is 1. The molecule has 1 aliphatic rings. The lowest BCUT2D eigenvalue weighted by atomic mass is 10.1. The predicted molar refractivity (Wildman–Crippen MR) is 130 cm³/mol. The van der Waals surface area contributed by atoms with Crippen LogP contribution in [0.25, 0.3) is 5.69 Å². The van der Waals surface area contributed by atoms with Crippen LogP contribution in [0.15, 0.2) is 69.2 Å². The molecular weight excluding hydrogens is 523 g/mol. The van der Waals surface area contributed by atoms with Crippen LogP contribution in [0.4, 0.5) is 13.2 Å². The summed E-state index contributed by atoms with van der Waals surface area (Å²) in [6.07, 6.45) is -4.83. The molecule has 38 heavy (non-hydrogen) atoms. The van der Waals surface area contributed by atoms with Gasteiger partial charge in [0.05, 0.1) is 46.1 Å². The molecule has 1 amide bonds. The molecule has 0 spiro atoms. The summed E-state index contributed by atoms with van der Waals surface area (Å²) in [4.78, 5) is 26.8. The van der Waals surface area contributed by atoms with Crippen LogP contribution < -0.4 is 10.9 Å². The minimum absolute atomic E-state index is 0.0549. The Kier molecular flexibility index (Phi) is 8.11. The Morgan fingerprint density at radius 3 is 2.47 bits per heavy atom. The van der Waals surface area contributed by atoms with Gasteiger partial charge in [0.2, 0.25) is 0 Å². The van der Waals surface area contributed by atoms with Crippen molar-refractivity contribution in [2.75, 3.05) is 19.8 Å². The SMILES string of the molecule is Cc1c(S(=O)c2ccc(C#N)cc2)cc(C(=O)NCCC2OCCO2)c(=O)n1-c1cccc(C(F)(F)F)c1. The lowest BCUT2D eigenvalue weighted by Crippen LogP contribution is -2.35. The summed E-state index contributed by atoms with van der Waals surface area (Å²) in [6, 6.07) is 13.1. The highest BCUT2D eigenvalue weighted by atomic mass is 32.2. The van der Waals surface area contributed by atoms with E-state index in [2.05, 4.69) is 5.32 Å². The van der Waals surface area contributed by atoms with Crippen molar-refractivity contribution < 1.29 is 31.6 Å². The van der Waals surface area contributed by atoms with Gasteiger partial charge in [0.25, 0.3) is 11.5 Å². The van der Waals surface area contributed by atoms with Crippen molar-refractivity contribution in [3.63, 3.8) is 0 Å². The molecule has 1 saturated heterocycles. The largest absolute Gasteiger partial charge is 0.416 e. The monoisotopic (exact) mass is 545 g/mol. The van der Waals surface area contributed by atoms with Crippen LogP contribution in [-0.4, -0.2) is 40.7 Å². The Labute approximate surface area is 218 Å². The maximum atomic E-state index is 13.5. The molecule has 198 valence electrons. The molecule has 0 saturated carbocycles. The van der Waals surface area contributed by atoms with Crippen molar-refractivity contribution >= 4 is 16.7 Å². The standard InChI is InChI=1S/C26H22F3N3O5S/c1-16-22(38(35)20-7-5-17(15-30)6-8-20)14-21(24(33)31-10-9-23-36-11-12-37-23)25(34)32(16)19-4-2-3-18(13-19)26(27,28)29/h2-8,13-14,23H,9-12H2,1H3,(H,31,33). The number of ether oxygens (including phenoxy) is 2. The van der Waals surface area contributed by atoms with Gasteiger partial charge in [-0.25, -0.2) is 4.21 Å². The van der Waals surface area contributed by atoms with Crippen molar-refractivity contribution in [2.24, 2.45) is 0 Å². The minimum atomic E-state index is -4.67. The fourth-order valence-electron chi connectivity index (χ4n) is 3.92. The first-order valence-electron chi connectivity index (χ1n) is 11.5. The molecule has 4 rings (SSSR count). The lowest BCUT2D eigenvalue weighted by molar-refractivity contribution is -0.137. The number of aromatic nitrogens is 1. The highest BCUT2D eigenvalue weighted by molar-refractivity contribution is 7.85. The second kappa shape index (κ2) is 11.3. The number of carbonyl (C=O) groups is 1. The maximum Gasteiger partial charge on any atom is 0.416 e. The van der Waals surface area contributed by atoms with E-state index in [9.17, 15) is 27.0 Å². The van der Waals surface area contributed by atoms with Gasteiger partial charge in [-0.3, -0.25) is 14.2 Å². The predicted octanol–water partition coefficient (Wildman–Crippen LogP) is 3.70.